The molecule has 2 aliphatic rings. The third-order valence-corrected chi connectivity index (χ3v) is 8.98. The highest BCUT2D eigenvalue weighted by molar-refractivity contribution is 7.99. The Balaban J connectivity index is 1.06. The first kappa shape index (κ1) is 25.3. The molecule has 0 N–H and O–H groups in total. The monoisotopic (exact) mass is 541 g/mol. The largest absolute Gasteiger partial charge is 0.416 e. The number of aromatic nitrogens is 4. The molecule has 1 saturated heterocycles. The van der Waals surface area contributed by atoms with Gasteiger partial charge in [0.15, 0.2) is 11.0 Å². The molecule has 2 fully saturated rings. The summed E-state index contributed by atoms with van der Waals surface area (Å²) in [6, 6.07) is 12.6. The predicted molar refractivity (Wildman–Crippen MR) is 139 cm³/mol. The first-order valence-corrected chi connectivity index (χ1v) is 13.6. The van der Waals surface area contributed by atoms with Crippen molar-refractivity contribution in [2.24, 2.45) is 13.0 Å². The molecule has 1 aliphatic carbocycles. The maximum Gasteiger partial charge on any atom is 0.416 e. The molecular formula is C28H27F4N5S. The lowest BCUT2D eigenvalue weighted by molar-refractivity contribution is -0.137. The maximum absolute atomic E-state index is 14.4. The zero-order chi connectivity index (χ0) is 26.7. The number of alkyl halides is 3. The second-order valence-electron chi connectivity index (χ2n) is 10.4. The van der Waals surface area contributed by atoms with Gasteiger partial charge in [-0.15, -0.1) is 10.2 Å². The zero-order valence-electron chi connectivity index (χ0n) is 21.1. The Bertz CT molecular complexity index is 1500. The van der Waals surface area contributed by atoms with Crippen LogP contribution in [0, 0.1) is 18.7 Å². The minimum atomic E-state index is -4.30. The highest BCUT2D eigenvalue weighted by Gasteiger charge is 2.60. The number of rotatable bonds is 7. The van der Waals surface area contributed by atoms with E-state index < -0.39 is 11.7 Å². The van der Waals surface area contributed by atoms with Gasteiger partial charge in [0.2, 0.25) is 0 Å². The molecular weight excluding hydrogens is 514 g/mol. The number of benzene rings is 2. The highest BCUT2D eigenvalue weighted by Crippen LogP contribution is 2.59. The van der Waals surface area contributed by atoms with Crippen molar-refractivity contribution in [2.45, 2.75) is 36.5 Å². The average molecular weight is 542 g/mol. The van der Waals surface area contributed by atoms with E-state index in [2.05, 4.69) is 20.1 Å². The Hall–Kier alpha value is -2.98. The summed E-state index contributed by atoms with van der Waals surface area (Å²) in [6.07, 6.45) is -2.28. The van der Waals surface area contributed by atoms with Gasteiger partial charge in [-0.25, -0.2) is 4.39 Å². The second kappa shape index (κ2) is 9.34. The number of likely N-dealkylation sites (tertiary alicyclic amines) is 1. The summed E-state index contributed by atoms with van der Waals surface area (Å²) in [5.74, 6) is 1.70. The van der Waals surface area contributed by atoms with Crippen molar-refractivity contribution in [3.05, 3.63) is 71.2 Å². The van der Waals surface area contributed by atoms with Gasteiger partial charge in [0.25, 0.3) is 0 Å². The van der Waals surface area contributed by atoms with Crippen LogP contribution in [0.1, 0.15) is 29.7 Å². The van der Waals surface area contributed by atoms with Gasteiger partial charge >= 0.3 is 6.18 Å². The van der Waals surface area contributed by atoms with Crippen molar-refractivity contribution in [1.82, 2.24) is 24.6 Å². The van der Waals surface area contributed by atoms with Gasteiger partial charge in [0.1, 0.15) is 11.3 Å². The van der Waals surface area contributed by atoms with E-state index in [0.717, 1.165) is 60.2 Å². The fourth-order valence-corrected chi connectivity index (χ4v) is 6.63. The summed E-state index contributed by atoms with van der Waals surface area (Å²) in [6.45, 7) is 4.66. The number of halogens is 4. The summed E-state index contributed by atoms with van der Waals surface area (Å²) in [7, 11) is 1.91. The van der Waals surface area contributed by atoms with Crippen LogP contribution in [0.3, 0.4) is 0 Å². The second-order valence-corrected chi connectivity index (χ2v) is 11.4. The molecule has 198 valence electrons. The molecule has 10 heteroatoms. The molecule has 0 bridgehead atoms. The number of fused-ring (bicyclic) bond motifs is 2. The van der Waals surface area contributed by atoms with E-state index in [-0.39, 0.29) is 11.2 Å². The molecule has 38 heavy (non-hydrogen) atoms. The van der Waals surface area contributed by atoms with Crippen LogP contribution < -0.4 is 0 Å². The van der Waals surface area contributed by atoms with Crippen molar-refractivity contribution >= 4 is 22.7 Å². The van der Waals surface area contributed by atoms with Gasteiger partial charge in [0.05, 0.1) is 5.56 Å². The van der Waals surface area contributed by atoms with E-state index in [0.29, 0.717) is 22.6 Å². The fourth-order valence-electron chi connectivity index (χ4n) is 5.80. The topological polar surface area (TPSA) is 46.8 Å². The minimum absolute atomic E-state index is 0.0150. The first-order chi connectivity index (χ1) is 18.2. The first-order valence-electron chi connectivity index (χ1n) is 12.6. The highest BCUT2D eigenvalue weighted by atomic mass is 32.2. The molecule has 2 aromatic carbocycles. The van der Waals surface area contributed by atoms with Crippen LogP contribution in [0.15, 0.2) is 53.7 Å². The summed E-state index contributed by atoms with van der Waals surface area (Å²) in [4.78, 5) is 6.78. The Morgan fingerprint density at radius 1 is 1.05 bits per heavy atom. The molecule has 4 aromatic rings. The smallest absolute Gasteiger partial charge is 0.305 e. The number of thioether (sulfide) groups is 1. The molecule has 0 unspecified atom stereocenters. The summed E-state index contributed by atoms with van der Waals surface area (Å²) in [5.41, 5.74) is 2.33. The lowest BCUT2D eigenvalue weighted by Gasteiger charge is -2.21. The van der Waals surface area contributed by atoms with Gasteiger partial charge in [-0.2, -0.15) is 13.2 Å². The Kier molecular flexibility index (Phi) is 6.22. The van der Waals surface area contributed by atoms with Crippen molar-refractivity contribution in [2.75, 3.05) is 25.4 Å². The van der Waals surface area contributed by atoms with Gasteiger partial charge in [0, 0.05) is 47.9 Å². The standard InChI is InChI=1S/C28H27F4N5S/c1-17-4-9-21-22(10-11-23(29)24(21)33-17)25-34-35-26(36(25)2)38-13-3-12-37-15-20-14-27(20,16-37)18-5-7-19(8-6-18)28(30,31)32/h4-11,20H,3,12-16H2,1-2H3/t20-,27-/m0/s1. The Morgan fingerprint density at radius 3 is 2.61 bits per heavy atom. The summed E-state index contributed by atoms with van der Waals surface area (Å²) >= 11 is 1.63. The van der Waals surface area contributed by atoms with Gasteiger partial charge in [-0.1, -0.05) is 30.0 Å². The van der Waals surface area contributed by atoms with E-state index in [1.54, 1.807) is 30.0 Å². The van der Waals surface area contributed by atoms with Gasteiger partial charge in [-0.3, -0.25) is 4.98 Å². The normalized spacial score (nSPS) is 21.3. The van der Waals surface area contributed by atoms with E-state index in [9.17, 15) is 17.6 Å². The van der Waals surface area contributed by atoms with E-state index in [4.69, 9.17) is 0 Å². The van der Waals surface area contributed by atoms with Crippen LogP contribution in [0.25, 0.3) is 22.3 Å². The van der Waals surface area contributed by atoms with Crippen LogP contribution in [0.5, 0.6) is 0 Å². The number of nitrogens with zero attached hydrogens (tertiary/aromatic N) is 5. The van der Waals surface area contributed by atoms with Crippen LogP contribution in [-0.4, -0.2) is 50.0 Å². The molecule has 1 saturated carbocycles. The Labute approximate surface area is 222 Å². The number of hydrogen-bond donors (Lipinski definition) is 0. The average Bonchev–Trinajstić information content (AvgIpc) is 3.27. The Morgan fingerprint density at radius 2 is 1.84 bits per heavy atom. The molecule has 0 amide bonds. The van der Waals surface area contributed by atoms with Crippen LogP contribution in [-0.2, 0) is 18.6 Å². The summed E-state index contributed by atoms with van der Waals surface area (Å²) < 4.78 is 55.1. The maximum atomic E-state index is 14.4. The SMILES string of the molecule is Cc1ccc2c(-c3nnc(SCCCN4C[C@@H]5C[C@@]5(c5ccc(C(F)(F)F)cc5)C4)n3C)ccc(F)c2n1. The van der Waals surface area contributed by atoms with Gasteiger partial charge in [-0.05, 0) is 68.1 Å². The van der Waals surface area contributed by atoms with E-state index in [1.807, 2.05) is 30.7 Å². The van der Waals surface area contributed by atoms with Crippen LogP contribution in [0.2, 0.25) is 0 Å². The quantitative estimate of drug-likeness (QED) is 0.157. The number of aryl methyl sites for hydroxylation is 1. The van der Waals surface area contributed by atoms with Crippen molar-refractivity contribution in [3.8, 4) is 11.4 Å². The summed E-state index contributed by atoms with van der Waals surface area (Å²) in [5, 5.41) is 10.3. The number of piperidine rings is 1. The van der Waals surface area contributed by atoms with Gasteiger partial charge < -0.3 is 9.47 Å². The molecule has 2 aromatic heterocycles. The third-order valence-electron chi connectivity index (χ3n) is 7.88. The lowest BCUT2D eigenvalue weighted by Crippen LogP contribution is -2.28. The molecule has 5 nitrogen and oxygen atoms in total. The zero-order valence-corrected chi connectivity index (χ0v) is 21.9. The van der Waals surface area contributed by atoms with Crippen LogP contribution >= 0.6 is 11.8 Å². The molecule has 1 aliphatic heterocycles. The molecule has 2 atom stereocenters. The predicted octanol–water partition coefficient (Wildman–Crippen LogP) is 6.25. The molecule has 0 radical (unpaired) electrons. The molecule has 6 rings (SSSR count). The third kappa shape index (κ3) is 4.47. The molecule has 0 spiro atoms. The molecule has 3 heterocycles. The van der Waals surface area contributed by atoms with Crippen molar-refractivity contribution < 1.29 is 17.6 Å². The minimum Gasteiger partial charge on any atom is -0.305 e. The van der Waals surface area contributed by atoms with E-state index >= 15 is 0 Å². The number of hydrogen-bond acceptors (Lipinski definition) is 5. The number of pyridine rings is 1. The fraction of sp³-hybridized carbons (Fsp3) is 0.393. The van der Waals surface area contributed by atoms with Crippen molar-refractivity contribution in [3.63, 3.8) is 0 Å². The van der Waals surface area contributed by atoms with Crippen LogP contribution in [0.4, 0.5) is 17.6 Å². The van der Waals surface area contributed by atoms with Crippen molar-refractivity contribution in [1.29, 1.82) is 0 Å². The lowest BCUT2D eigenvalue weighted by atomic mass is 9.94. The van der Waals surface area contributed by atoms with E-state index in [1.165, 1.54) is 18.2 Å².